The summed E-state index contributed by atoms with van der Waals surface area (Å²) in [5.74, 6) is 0.591. The zero-order valence-corrected chi connectivity index (χ0v) is 11.3. The first kappa shape index (κ1) is 13.5. The molecule has 18 heavy (non-hydrogen) atoms. The van der Waals surface area contributed by atoms with E-state index in [1.807, 2.05) is 12.1 Å². The van der Waals surface area contributed by atoms with E-state index >= 15 is 0 Å². The third-order valence-corrected chi connectivity index (χ3v) is 3.94. The largest absolute Gasteiger partial charge is 0.317 e. The molecule has 2 atom stereocenters. The first-order valence-electron chi connectivity index (χ1n) is 6.79. The smallest absolute Gasteiger partial charge is 0.123 e. The molecular weight excluding hydrogens is 227 g/mol. The quantitative estimate of drug-likeness (QED) is 0.864. The average molecular weight is 250 g/mol. The van der Waals surface area contributed by atoms with E-state index in [9.17, 15) is 4.39 Å². The van der Waals surface area contributed by atoms with Crippen LogP contribution >= 0.6 is 0 Å². The number of benzene rings is 1. The first-order valence-corrected chi connectivity index (χ1v) is 6.79. The van der Waals surface area contributed by atoms with E-state index in [4.69, 9.17) is 0 Å². The van der Waals surface area contributed by atoms with Gasteiger partial charge < -0.3 is 10.2 Å². The van der Waals surface area contributed by atoms with Crippen molar-refractivity contribution in [1.82, 2.24) is 10.2 Å². The standard InChI is InChI=1S/C15H23FN2/c1-17-15-5-3-4-13(15)11-18(2)10-12-6-8-14(16)9-7-12/h6-9,13,15,17H,3-5,10-11H2,1-2H3. The second-order valence-electron chi connectivity index (χ2n) is 5.41. The van der Waals surface area contributed by atoms with Crippen LogP contribution in [-0.2, 0) is 6.54 Å². The van der Waals surface area contributed by atoms with Crippen LogP contribution in [0.1, 0.15) is 24.8 Å². The molecule has 1 fully saturated rings. The predicted molar refractivity (Wildman–Crippen MR) is 72.9 cm³/mol. The van der Waals surface area contributed by atoms with Crippen molar-refractivity contribution in [1.29, 1.82) is 0 Å². The fraction of sp³-hybridized carbons (Fsp3) is 0.600. The fourth-order valence-corrected chi connectivity index (χ4v) is 3.00. The van der Waals surface area contributed by atoms with Gasteiger partial charge >= 0.3 is 0 Å². The van der Waals surface area contributed by atoms with Crippen LogP contribution < -0.4 is 5.32 Å². The summed E-state index contributed by atoms with van der Waals surface area (Å²) in [7, 11) is 4.21. The summed E-state index contributed by atoms with van der Waals surface area (Å²) < 4.78 is 12.8. The topological polar surface area (TPSA) is 15.3 Å². The van der Waals surface area contributed by atoms with E-state index in [1.54, 1.807) is 0 Å². The maximum absolute atomic E-state index is 12.8. The van der Waals surface area contributed by atoms with Crippen molar-refractivity contribution in [3.63, 3.8) is 0 Å². The number of hydrogen-bond acceptors (Lipinski definition) is 2. The van der Waals surface area contributed by atoms with E-state index in [1.165, 1.54) is 37.0 Å². The summed E-state index contributed by atoms with van der Waals surface area (Å²) >= 11 is 0. The number of rotatable bonds is 5. The SMILES string of the molecule is CNC1CCCC1CN(C)Cc1ccc(F)cc1. The predicted octanol–water partition coefficient (Wildman–Crippen LogP) is 2.65. The highest BCUT2D eigenvalue weighted by atomic mass is 19.1. The molecule has 2 nitrogen and oxygen atoms in total. The van der Waals surface area contributed by atoms with Crippen LogP contribution in [0.25, 0.3) is 0 Å². The van der Waals surface area contributed by atoms with E-state index < -0.39 is 0 Å². The minimum absolute atomic E-state index is 0.160. The van der Waals surface area contributed by atoms with Gasteiger partial charge in [0.15, 0.2) is 0 Å². The third-order valence-electron chi connectivity index (χ3n) is 3.94. The van der Waals surface area contributed by atoms with Gasteiger partial charge in [-0.1, -0.05) is 18.6 Å². The minimum atomic E-state index is -0.160. The summed E-state index contributed by atoms with van der Waals surface area (Å²) in [5, 5.41) is 3.41. The van der Waals surface area contributed by atoms with Gasteiger partial charge in [0.2, 0.25) is 0 Å². The normalized spacial score (nSPS) is 23.8. The molecule has 0 saturated heterocycles. The van der Waals surface area contributed by atoms with E-state index in [0.717, 1.165) is 19.0 Å². The van der Waals surface area contributed by atoms with Crippen molar-refractivity contribution in [2.75, 3.05) is 20.6 Å². The molecular formula is C15H23FN2. The lowest BCUT2D eigenvalue weighted by molar-refractivity contribution is 0.249. The van der Waals surface area contributed by atoms with Gasteiger partial charge in [0.1, 0.15) is 5.82 Å². The molecule has 0 bridgehead atoms. The molecule has 3 heteroatoms. The van der Waals surface area contributed by atoms with Gasteiger partial charge in [-0.3, -0.25) is 0 Å². The molecule has 1 aliphatic rings. The van der Waals surface area contributed by atoms with Gasteiger partial charge in [0.05, 0.1) is 0 Å². The van der Waals surface area contributed by atoms with Crippen LogP contribution in [0.2, 0.25) is 0 Å². The van der Waals surface area contributed by atoms with Crippen molar-refractivity contribution in [2.45, 2.75) is 31.8 Å². The molecule has 0 aliphatic heterocycles. The first-order chi connectivity index (χ1) is 8.69. The Morgan fingerprint density at radius 2 is 2.00 bits per heavy atom. The summed E-state index contributed by atoms with van der Waals surface area (Å²) in [5.41, 5.74) is 1.18. The molecule has 0 heterocycles. The molecule has 2 unspecified atom stereocenters. The summed E-state index contributed by atoms with van der Waals surface area (Å²) in [6, 6.07) is 7.48. The van der Waals surface area contributed by atoms with Crippen molar-refractivity contribution in [3.8, 4) is 0 Å². The van der Waals surface area contributed by atoms with Gasteiger partial charge in [-0.25, -0.2) is 4.39 Å². The molecule has 1 aromatic rings. The summed E-state index contributed by atoms with van der Waals surface area (Å²) in [6.45, 7) is 2.01. The molecule has 0 amide bonds. The van der Waals surface area contributed by atoms with E-state index in [2.05, 4.69) is 24.3 Å². The van der Waals surface area contributed by atoms with Crippen LogP contribution in [0.15, 0.2) is 24.3 Å². The van der Waals surface area contributed by atoms with Gasteiger partial charge in [-0.2, -0.15) is 0 Å². The Labute approximate surface area is 109 Å². The molecule has 1 aliphatic carbocycles. The minimum Gasteiger partial charge on any atom is -0.317 e. The lowest BCUT2D eigenvalue weighted by Crippen LogP contribution is -2.36. The highest BCUT2D eigenvalue weighted by molar-refractivity contribution is 5.15. The molecule has 0 aromatic heterocycles. The van der Waals surface area contributed by atoms with E-state index in [0.29, 0.717) is 6.04 Å². The molecule has 100 valence electrons. The monoisotopic (exact) mass is 250 g/mol. The van der Waals surface area contributed by atoms with E-state index in [-0.39, 0.29) is 5.82 Å². The van der Waals surface area contributed by atoms with Gasteiger partial charge in [0.25, 0.3) is 0 Å². The summed E-state index contributed by atoms with van der Waals surface area (Å²) in [6.07, 6.45) is 3.95. The van der Waals surface area contributed by atoms with Gasteiger partial charge in [-0.15, -0.1) is 0 Å². The maximum atomic E-state index is 12.8. The highest BCUT2D eigenvalue weighted by Gasteiger charge is 2.26. The number of nitrogens with zero attached hydrogens (tertiary/aromatic N) is 1. The van der Waals surface area contributed by atoms with Crippen LogP contribution in [0.3, 0.4) is 0 Å². The maximum Gasteiger partial charge on any atom is 0.123 e. The molecule has 1 N–H and O–H groups in total. The Morgan fingerprint density at radius 1 is 1.28 bits per heavy atom. The summed E-state index contributed by atoms with van der Waals surface area (Å²) in [4.78, 5) is 2.34. The molecule has 1 aromatic carbocycles. The van der Waals surface area contributed by atoms with Crippen LogP contribution in [0.4, 0.5) is 4.39 Å². The average Bonchev–Trinajstić information content (AvgIpc) is 2.79. The highest BCUT2D eigenvalue weighted by Crippen LogP contribution is 2.26. The lowest BCUT2D eigenvalue weighted by atomic mass is 10.0. The molecule has 0 radical (unpaired) electrons. The van der Waals surface area contributed by atoms with Gasteiger partial charge in [0, 0.05) is 19.1 Å². The zero-order valence-electron chi connectivity index (χ0n) is 11.3. The Hall–Kier alpha value is -0.930. The zero-order chi connectivity index (χ0) is 13.0. The van der Waals surface area contributed by atoms with Crippen LogP contribution in [0, 0.1) is 11.7 Å². The molecule has 2 rings (SSSR count). The fourth-order valence-electron chi connectivity index (χ4n) is 3.00. The van der Waals surface area contributed by atoms with Crippen LogP contribution in [0.5, 0.6) is 0 Å². The van der Waals surface area contributed by atoms with Crippen LogP contribution in [-0.4, -0.2) is 31.6 Å². The van der Waals surface area contributed by atoms with Crippen molar-refractivity contribution in [3.05, 3.63) is 35.6 Å². The Morgan fingerprint density at radius 3 is 2.67 bits per heavy atom. The number of nitrogens with one attached hydrogen (secondary N) is 1. The molecule has 0 spiro atoms. The van der Waals surface area contributed by atoms with Crippen molar-refractivity contribution < 1.29 is 4.39 Å². The van der Waals surface area contributed by atoms with Crippen molar-refractivity contribution in [2.24, 2.45) is 5.92 Å². The Bertz CT molecular complexity index is 363. The Kier molecular flexibility index (Phi) is 4.72. The number of halogens is 1. The lowest BCUT2D eigenvalue weighted by Gasteiger charge is -2.25. The Balaban J connectivity index is 1.84. The second kappa shape index (κ2) is 6.30. The van der Waals surface area contributed by atoms with Gasteiger partial charge in [-0.05, 0) is 50.6 Å². The van der Waals surface area contributed by atoms with Crippen molar-refractivity contribution >= 4 is 0 Å². The number of hydrogen-bond donors (Lipinski definition) is 1. The molecule has 1 saturated carbocycles. The second-order valence-corrected chi connectivity index (χ2v) is 5.41. The third kappa shape index (κ3) is 3.53.